The van der Waals surface area contributed by atoms with Crippen LogP contribution in [-0.4, -0.2) is 10.5 Å². The number of benzene rings is 1. The average Bonchev–Trinajstić information content (AvgIpc) is 2.25. The van der Waals surface area contributed by atoms with Crippen molar-refractivity contribution in [3.8, 4) is 0 Å². The first-order valence-corrected chi connectivity index (χ1v) is 5.64. The highest BCUT2D eigenvalue weighted by atomic mass is 14.9. The maximum absolute atomic E-state index is 4.36. The summed E-state index contributed by atoms with van der Waals surface area (Å²) in [5.41, 5.74) is 2.51. The third-order valence-corrected chi connectivity index (χ3v) is 2.55. The predicted molar refractivity (Wildman–Crippen MR) is 68.3 cm³/mol. The van der Waals surface area contributed by atoms with Gasteiger partial charge in [-0.1, -0.05) is 18.2 Å². The standard InChI is InChI=1S/C14H18N2/c1-14(2,3)16-10-11-6-4-8-13-12(11)7-5-9-15-13/h4-9,16H,10H2,1-3H3. The van der Waals surface area contributed by atoms with Crippen LogP contribution < -0.4 is 5.32 Å². The number of nitrogens with one attached hydrogen (secondary N) is 1. The Balaban J connectivity index is 2.30. The lowest BCUT2D eigenvalue weighted by atomic mass is 10.1. The molecule has 0 amide bonds. The Kier molecular flexibility index (Phi) is 2.92. The van der Waals surface area contributed by atoms with E-state index < -0.39 is 0 Å². The molecule has 1 heterocycles. The molecule has 0 bridgehead atoms. The molecule has 2 rings (SSSR count). The summed E-state index contributed by atoms with van der Waals surface area (Å²) < 4.78 is 0. The molecule has 0 aliphatic carbocycles. The topological polar surface area (TPSA) is 24.9 Å². The zero-order valence-electron chi connectivity index (χ0n) is 10.1. The van der Waals surface area contributed by atoms with Crippen molar-refractivity contribution in [2.75, 3.05) is 0 Å². The summed E-state index contributed by atoms with van der Waals surface area (Å²) in [6.45, 7) is 7.41. The third kappa shape index (κ3) is 2.58. The van der Waals surface area contributed by atoms with E-state index in [-0.39, 0.29) is 5.54 Å². The zero-order valence-corrected chi connectivity index (χ0v) is 10.1. The summed E-state index contributed by atoms with van der Waals surface area (Å²) in [5, 5.41) is 4.74. The first kappa shape index (κ1) is 11.1. The van der Waals surface area contributed by atoms with Gasteiger partial charge in [-0.3, -0.25) is 4.98 Å². The smallest absolute Gasteiger partial charge is 0.0705 e. The number of pyridine rings is 1. The van der Waals surface area contributed by atoms with Crippen LogP contribution in [0.15, 0.2) is 36.5 Å². The van der Waals surface area contributed by atoms with Crippen LogP contribution in [0.4, 0.5) is 0 Å². The Morgan fingerprint density at radius 1 is 1.12 bits per heavy atom. The van der Waals surface area contributed by atoms with Crippen molar-refractivity contribution in [1.82, 2.24) is 10.3 Å². The number of nitrogens with zero attached hydrogens (tertiary/aromatic N) is 1. The second-order valence-corrected chi connectivity index (χ2v) is 5.09. The molecule has 0 saturated carbocycles. The van der Waals surface area contributed by atoms with Crippen LogP contribution in [0.2, 0.25) is 0 Å². The van der Waals surface area contributed by atoms with E-state index in [1.54, 1.807) is 0 Å². The van der Waals surface area contributed by atoms with Gasteiger partial charge in [-0.15, -0.1) is 0 Å². The molecule has 84 valence electrons. The molecule has 0 saturated heterocycles. The Morgan fingerprint density at radius 2 is 1.94 bits per heavy atom. The molecule has 0 aliphatic rings. The normalized spacial score (nSPS) is 11.9. The van der Waals surface area contributed by atoms with E-state index in [0.29, 0.717) is 0 Å². The van der Waals surface area contributed by atoms with E-state index in [4.69, 9.17) is 0 Å². The van der Waals surface area contributed by atoms with Crippen LogP contribution in [0.25, 0.3) is 10.9 Å². The van der Waals surface area contributed by atoms with Gasteiger partial charge in [-0.2, -0.15) is 0 Å². The van der Waals surface area contributed by atoms with E-state index in [0.717, 1.165) is 12.1 Å². The average molecular weight is 214 g/mol. The SMILES string of the molecule is CC(C)(C)NCc1cccc2ncccc12. The van der Waals surface area contributed by atoms with Crippen LogP contribution in [0.3, 0.4) is 0 Å². The maximum atomic E-state index is 4.36. The van der Waals surface area contributed by atoms with Crippen LogP contribution in [0, 0.1) is 0 Å². The summed E-state index contributed by atoms with van der Waals surface area (Å²) in [6, 6.07) is 10.4. The van der Waals surface area contributed by atoms with Crippen molar-refractivity contribution in [2.24, 2.45) is 0 Å². The predicted octanol–water partition coefficient (Wildman–Crippen LogP) is 3.12. The van der Waals surface area contributed by atoms with Gasteiger partial charge in [0.15, 0.2) is 0 Å². The quantitative estimate of drug-likeness (QED) is 0.830. The second-order valence-electron chi connectivity index (χ2n) is 5.09. The van der Waals surface area contributed by atoms with E-state index >= 15 is 0 Å². The van der Waals surface area contributed by atoms with Crippen LogP contribution in [0.1, 0.15) is 26.3 Å². The van der Waals surface area contributed by atoms with Crippen molar-refractivity contribution >= 4 is 10.9 Å². The molecule has 0 spiro atoms. The Morgan fingerprint density at radius 3 is 2.69 bits per heavy atom. The molecule has 0 radical (unpaired) electrons. The van der Waals surface area contributed by atoms with E-state index in [1.807, 2.05) is 12.3 Å². The molecule has 1 N–H and O–H groups in total. The molecule has 0 fully saturated rings. The van der Waals surface area contributed by atoms with Crippen molar-refractivity contribution < 1.29 is 0 Å². The lowest BCUT2D eigenvalue weighted by molar-refractivity contribution is 0.425. The van der Waals surface area contributed by atoms with Crippen molar-refractivity contribution in [1.29, 1.82) is 0 Å². The molecule has 1 aromatic heterocycles. The van der Waals surface area contributed by atoms with Gasteiger partial charge in [-0.05, 0) is 38.5 Å². The fourth-order valence-electron chi connectivity index (χ4n) is 1.68. The van der Waals surface area contributed by atoms with E-state index in [1.165, 1.54) is 10.9 Å². The third-order valence-electron chi connectivity index (χ3n) is 2.55. The number of hydrogen-bond acceptors (Lipinski definition) is 2. The highest BCUT2D eigenvalue weighted by molar-refractivity contribution is 5.81. The fourth-order valence-corrected chi connectivity index (χ4v) is 1.68. The van der Waals surface area contributed by atoms with E-state index in [2.05, 4.69) is 55.3 Å². The molecular weight excluding hydrogens is 196 g/mol. The maximum Gasteiger partial charge on any atom is 0.0705 e. The highest BCUT2D eigenvalue weighted by Crippen LogP contribution is 2.16. The molecule has 2 nitrogen and oxygen atoms in total. The fraction of sp³-hybridized carbons (Fsp3) is 0.357. The molecule has 2 aromatic rings. The zero-order chi connectivity index (χ0) is 11.6. The van der Waals surface area contributed by atoms with Gasteiger partial charge < -0.3 is 5.32 Å². The highest BCUT2D eigenvalue weighted by Gasteiger charge is 2.09. The van der Waals surface area contributed by atoms with Gasteiger partial charge >= 0.3 is 0 Å². The molecule has 0 unspecified atom stereocenters. The van der Waals surface area contributed by atoms with Gasteiger partial charge in [0.2, 0.25) is 0 Å². The minimum atomic E-state index is 0.143. The monoisotopic (exact) mass is 214 g/mol. The van der Waals surface area contributed by atoms with Crippen molar-refractivity contribution in [3.05, 3.63) is 42.1 Å². The van der Waals surface area contributed by atoms with Crippen LogP contribution >= 0.6 is 0 Å². The first-order valence-electron chi connectivity index (χ1n) is 5.64. The number of fused-ring (bicyclic) bond motifs is 1. The number of hydrogen-bond donors (Lipinski definition) is 1. The summed E-state index contributed by atoms with van der Waals surface area (Å²) in [4.78, 5) is 4.36. The van der Waals surface area contributed by atoms with Gasteiger partial charge in [0.05, 0.1) is 5.52 Å². The van der Waals surface area contributed by atoms with Crippen LogP contribution in [0.5, 0.6) is 0 Å². The van der Waals surface area contributed by atoms with Crippen molar-refractivity contribution in [2.45, 2.75) is 32.9 Å². The summed E-state index contributed by atoms with van der Waals surface area (Å²) in [5.74, 6) is 0. The summed E-state index contributed by atoms with van der Waals surface area (Å²) in [7, 11) is 0. The number of rotatable bonds is 2. The number of aromatic nitrogens is 1. The molecule has 0 aliphatic heterocycles. The minimum absolute atomic E-state index is 0.143. The molecule has 16 heavy (non-hydrogen) atoms. The van der Waals surface area contributed by atoms with Crippen molar-refractivity contribution in [3.63, 3.8) is 0 Å². The first-order chi connectivity index (χ1) is 7.56. The summed E-state index contributed by atoms with van der Waals surface area (Å²) in [6.07, 6.45) is 1.84. The minimum Gasteiger partial charge on any atom is -0.308 e. The summed E-state index contributed by atoms with van der Waals surface area (Å²) >= 11 is 0. The lowest BCUT2D eigenvalue weighted by Crippen LogP contribution is -2.35. The Hall–Kier alpha value is -1.41. The van der Waals surface area contributed by atoms with Gasteiger partial charge in [0.25, 0.3) is 0 Å². The molecular formula is C14H18N2. The second kappa shape index (κ2) is 4.22. The lowest BCUT2D eigenvalue weighted by Gasteiger charge is -2.21. The van der Waals surface area contributed by atoms with Gasteiger partial charge in [0, 0.05) is 23.7 Å². The molecule has 0 atom stereocenters. The molecule has 1 aromatic carbocycles. The van der Waals surface area contributed by atoms with Gasteiger partial charge in [-0.25, -0.2) is 0 Å². The Bertz CT molecular complexity index is 478. The van der Waals surface area contributed by atoms with E-state index in [9.17, 15) is 0 Å². The van der Waals surface area contributed by atoms with Crippen LogP contribution in [-0.2, 0) is 6.54 Å². The molecule has 2 heteroatoms. The van der Waals surface area contributed by atoms with Gasteiger partial charge in [0.1, 0.15) is 0 Å². The Labute approximate surface area is 96.7 Å². The largest absolute Gasteiger partial charge is 0.308 e.